The fraction of sp³-hybridized carbons (Fsp3) is 0.391. The van der Waals surface area contributed by atoms with E-state index in [9.17, 15) is 18.0 Å². The molecule has 0 unspecified atom stereocenters. The monoisotopic (exact) mass is 457 g/mol. The molecule has 3 aromatic rings. The van der Waals surface area contributed by atoms with Crippen molar-refractivity contribution in [3.63, 3.8) is 0 Å². The predicted octanol–water partition coefficient (Wildman–Crippen LogP) is 3.04. The fourth-order valence-electron chi connectivity index (χ4n) is 4.04. The van der Waals surface area contributed by atoms with Crippen LogP contribution in [0.2, 0.25) is 0 Å². The standard InChI is InChI=1S/C23H27N3O5S/c1-17(18-9-5-4-6-10-18)24-22(27)16-26-20-12-11-19(15-21(20)31-23(26)28)32(29,30)25-13-7-2-3-8-14-25/h4-6,9-12,15,17H,2-3,7-8,13-14,16H2,1H3,(H,24,27)/t17-/m1/s1. The highest BCUT2D eigenvalue weighted by atomic mass is 32.2. The summed E-state index contributed by atoms with van der Waals surface area (Å²) in [5, 5.41) is 2.87. The van der Waals surface area contributed by atoms with Crippen molar-refractivity contribution >= 4 is 27.0 Å². The molecule has 1 atom stereocenters. The van der Waals surface area contributed by atoms with E-state index < -0.39 is 15.8 Å². The highest BCUT2D eigenvalue weighted by Crippen LogP contribution is 2.24. The third-order valence-corrected chi connectivity index (χ3v) is 7.72. The van der Waals surface area contributed by atoms with Gasteiger partial charge in [0.15, 0.2) is 5.58 Å². The van der Waals surface area contributed by atoms with Gasteiger partial charge in [0.1, 0.15) is 6.54 Å². The van der Waals surface area contributed by atoms with Gasteiger partial charge in [-0.05, 0) is 37.5 Å². The molecule has 1 fully saturated rings. The molecule has 1 N–H and O–H groups in total. The van der Waals surface area contributed by atoms with Crippen LogP contribution in [0, 0.1) is 0 Å². The number of carbonyl (C=O) groups excluding carboxylic acids is 1. The normalized spacial score (nSPS) is 16.5. The van der Waals surface area contributed by atoms with E-state index in [-0.39, 0.29) is 29.0 Å². The summed E-state index contributed by atoms with van der Waals surface area (Å²) in [6.45, 7) is 2.63. The van der Waals surface area contributed by atoms with Crippen LogP contribution in [0.15, 0.2) is 62.6 Å². The van der Waals surface area contributed by atoms with Gasteiger partial charge in [0.25, 0.3) is 0 Å². The number of oxazole rings is 1. The van der Waals surface area contributed by atoms with Crippen molar-refractivity contribution < 1.29 is 17.6 Å². The van der Waals surface area contributed by atoms with Gasteiger partial charge in [0, 0.05) is 19.2 Å². The number of hydrogen-bond donors (Lipinski definition) is 1. The fourth-order valence-corrected chi connectivity index (χ4v) is 5.58. The molecule has 0 aliphatic carbocycles. The lowest BCUT2D eigenvalue weighted by Gasteiger charge is -2.19. The molecule has 0 bridgehead atoms. The van der Waals surface area contributed by atoms with Gasteiger partial charge in [0.05, 0.1) is 16.5 Å². The quantitative estimate of drug-likeness (QED) is 0.613. The smallest absolute Gasteiger partial charge is 0.408 e. The van der Waals surface area contributed by atoms with Crippen LogP contribution in [0.5, 0.6) is 0 Å². The maximum Gasteiger partial charge on any atom is 0.420 e. The molecule has 1 amide bonds. The molecule has 0 radical (unpaired) electrons. The molecule has 1 aliphatic rings. The SMILES string of the molecule is C[C@@H](NC(=O)Cn1c(=O)oc2cc(S(=O)(=O)N3CCCCCC3)ccc21)c1ccccc1. The molecule has 32 heavy (non-hydrogen) atoms. The van der Waals surface area contributed by atoms with Crippen LogP contribution in [0.1, 0.15) is 44.2 Å². The van der Waals surface area contributed by atoms with Gasteiger partial charge in [-0.15, -0.1) is 0 Å². The largest absolute Gasteiger partial charge is 0.420 e. The lowest BCUT2D eigenvalue weighted by atomic mass is 10.1. The van der Waals surface area contributed by atoms with Crippen molar-refractivity contribution in [2.24, 2.45) is 0 Å². The second-order valence-corrected chi connectivity index (χ2v) is 10.0. The topological polar surface area (TPSA) is 102 Å². The van der Waals surface area contributed by atoms with Crippen LogP contribution in [-0.2, 0) is 21.4 Å². The number of aromatic nitrogens is 1. The zero-order valence-electron chi connectivity index (χ0n) is 18.0. The summed E-state index contributed by atoms with van der Waals surface area (Å²) in [5.74, 6) is -1.04. The number of nitrogens with zero attached hydrogens (tertiary/aromatic N) is 2. The third-order valence-electron chi connectivity index (χ3n) is 5.82. The van der Waals surface area contributed by atoms with E-state index in [1.165, 1.54) is 27.1 Å². The first kappa shape index (κ1) is 22.3. The van der Waals surface area contributed by atoms with Gasteiger partial charge in [-0.2, -0.15) is 4.31 Å². The summed E-state index contributed by atoms with van der Waals surface area (Å²) in [7, 11) is -3.67. The van der Waals surface area contributed by atoms with E-state index in [0.717, 1.165) is 31.2 Å². The van der Waals surface area contributed by atoms with E-state index in [4.69, 9.17) is 4.42 Å². The molecule has 8 nitrogen and oxygen atoms in total. The van der Waals surface area contributed by atoms with Gasteiger partial charge < -0.3 is 9.73 Å². The minimum atomic E-state index is -3.67. The van der Waals surface area contributed by atoms with Crippen LogP contribution in [0.4, 0.5) is 0 Å². The first-order valence-corrected chi connectivity index (χ1v) is 12.3. The zero-order valence-corrected chi connectivity index (χ0v) is 18.8. The summed E-state index contributed by atoms with van der Waals surface area (Å²) >= 11 is 0. The molecular formula is C23H27N3O5S. The van der Waals surface area contributed by atoms with Gasteiger partial charge in [-0.1, -0.05) is 43.2 Å². The maximum atomic E-state index is 13.0. The lowest BCUT2D eigenvalue weighted by Crippen LogP contribution is -2.32. The lowest BCUT2D eigenvalue weighted by molar-refractivity contribution is -0.122. The van der Waals surface area contributed by atoms with Crippen LogP contribution in [0.3, 0.4) is 0 Å². The Balaban J connectivity index is 1.55. The Bertz CT molecular complexity index is 1260. The minimum absolute atomic E-state index is 0.0925. The van der Waals surface area contributed by atoms with Crippen molar-refractivity contribution in [3.8, 4) is 0 Å². The van der Waals surface area contributed by atoms with E-state index in [1.807, 2.05) is 37.3 Å². The van der Waals surface area contributed by atoms with E-state index in [0.29, 0.717) is 18.6 Å². The first-order valence-electron chi connectivity index (χ1n) is 10.8. The number of amides is 1. The van der Waals surface area contributed by atoms with Crippen molar-refractivity contribution in [1.29, 1.82) is 0 Å². The predicted molar refractivity (Wildman–Crippen MR) is 121 cm³/mol. The number of carbonyl (C=O) groups is 1. The van der Waals surface area contributed by atoms with E-state index in [2.05, 4.69) is 5.32 Å². The first-order chi connectivity index (χ1) is 15.4. The molecule has 2 aromatic carbocycles. The average Bonchev–Trinajstić information content (AvgIpc) is 2.96. The van der Waals surface area contributed by atoms with Crippen molar-refractivity contribution in [3.05, 3.63) is 64.6 Å². The summed E-state index contributed by atoms with van der Waals surface area (Å²) < 4.78 is 34.1. The van der Waals surface area contributed by atoms with Crippen molar-refractivity contribution in [2.75, 3.05) is 13.1 Å². The molecule has 1 saturated heterocycles. The van der Waals surface area contributed by atoms with E-state index in [1.54, 1.807) is 0 Å². The Labute approximate surface area is 186 Å². The van der Waals surface area contributed by atoms with Crippen LogP contribution >= 0.6 is 0 Å². The second kappa shape index (κ2) is 9.30. The highest BCUT2D eigenvalue weighted by molar-refractivity contribution is 7.89. The summed E-state index contributed by atoms with van der Waals surface area (Å²) in [6.07, 6.45) is 3.72. The number of rotatable bonds is 6. The van der Waals surface area contributed by atoms with Crippen LogP contribution in [-0.4, -0.2) is 36.3 Å². The molecule has 2 heterocycles. The van der Waals surface area contributed by atoms with Crippen LogP contribution < -0.4 is 11.1 Å². The number of fused-ring (bicyclic) bond motifs is 1. The van der Waals surface area contributed by atoms with E-state index >= 15 is 0 Å². The Morgan fingerprint density at radius 2 is 1.75 bits per heavy atom. The Morgan fingerprint density at radius 3 is 2.44 bits per heavy atom. The number of benzene rings is 2. The minimum Gasteiger partial charge on any atom is -0.408 e. The Kier molecular flexibility index (Phi) is 6.48. The average molecular weight is 458 g/mol. The van der Waals surface area contributed by atoms with Crippen LogP contribution in [0.25, 0.3) is 11.1 Å². The summed E-state index contributed by atoms with van der Waals surface area (Å²) in [6, 6.07) is 13.7. The van der Waals surface area contributed by atoms with Crippen molar-refractivity contribution in [1.82, 2.24) is 14.2 Å². The molecule has 1 aromatic heterocycles. The number of sulfonamides is 1. The molecule has 9 heteroatoms. The summed E-state index contributed by atoms with van der Waals surface area (Å²) in [5.41, 5.74) is 1.48. The zero-order chi connectivity index (χ0) is 22.7. The number of nitrogens with one attached hydrogen (secondary N) is 1. The molecule has 0 spiro atoms. The van der Waals surface area contributed by atoms with Gasteiger partial charge in [-0.3, -0.25) is 9.36 Å². The molecule has 4 rings (SSSR count). The van der Waals surface area contributed by atoms with Gasteiger partial charge in [-0.25, -0.2) is 13.2 Å². The van der Waals surface area contributed by atoms with Crippen molar-refractivity contribution in [2.45, 2.75) is 50.1 Å². The maximum absolute atomic E-state index is 13.0. The second-order valence-electron chi connectivity index (χ2n) is 8.10. The highest BCUT2D eigenvalue weighted by Gasteiger charge is 2.26. The molecular weight excluding hydrogens is 430 g/mol. The summed E-state index contributed by atoms with van der Waals surface area (Å²) in [4.78, 5) is 25.0. The van der Waals surface area contributed by atoms with Gasteiger partial charge in [0.2, 0.25) is 15.9 Å². The Hall–Kier alpha value is -2.91. The number of hydrogen-bond acceptors (Lipinski definition) is 5. The third kappa shape index (κ3) is 4.63. The Morgan fingerprint density at radius 1 is 1.06 bits per heavy atom. The van der Waals surface area contributed by atoms with Gasteiger partial charge >= 0.3 is 5.76 Å². The molecule has 0 saturated carbocycles. The molecule has 170 valence electrons. The molecule has 1 aliphatic heterocycles.